The van der Waals surface area contributed by atoms with Gasteiger partial charge in [0.15, 0.2) is 6.61 Å². The number of hydrogen-bond donors (Lipinski definition) is 1. The van der Waals surface area contributed by atoms with E-state index in [2.05, 4.69) is 17.5 Å². The fraction of sp³-hybridized carbons (Fsp3) is 0.357. The first kappa shape index (κ1) is 23.4. The van der Waals surface area contributed by atoms with Gasteiger partial charge in [0.2, 0.25) is 5.91 Å². The summed E-state index contributed by atoms with van der Waals surface area (Å²) in [6, 6.07) is 11.6. The molecule has 2 heterocycles. The number of amides is 2. The molecule has 1 fully saturated rings. The smallest absolute Gasteiger partial charge is 0.339 e. The number of aromatic nitrogens is 1. The summed E-state index contributed by atoms with van der Waals surface area (Å²) in [5.41, 5.74) is 3.97. The van der Waals surface area contributed by atoms with Gasteiger partial charge in [-0.2, -0.15) is 0 Å². The Hall–Kier alpha value is -3.32. The van der Waals surface area contributed by atoms with Crippen LogP contribution < -0.4 is 5.32 Å². The Bertz CT molecular complexity index is 1290. The Balaban J connectivity index is 1.39. The molecule has 3 aromatic rings. The third-order valence-corrected chi connectivity index (χ3v) is 7.63. The fourth-order valence-corrected chi connectivity index (χ4v) is 5.78. The standard InChI is InChI=1S/C28H28N2O4S/c31-24(30-27(32)18-8-2-1-3-9-18)17-34-28(33)25-21-12-4-5-14-23(21)29-26-19(10-6-13-22(25)26)16-20-11-7-15-35-20/h4-5,7,11-12,14-16,18H,1-3,6,8-10,13,17H2,(H,30,31,32). The lowest BCUT2D eigenvalue weighted by atomic mass is 9.86. The Morgan fingerprint density at radius 1 is 1.03 bits per heavy atom. The van der Waals surface area contributed by atoms with Crippen LogP contribution in [0, 0.1) is 5.92 Å². The second-order valence-electron chi connectivity index (χ2n) is 9.19. The van der Waals surface area contributed by atoms with Crippen molar-refractivity contribution in [2.75, 3.05) is 6.61 Å². The largest absolute Gasteiger partial charge is 0.452 e. The maximum absolute atomic E-state index is 13.3. The lowest BCUT2D eigenvalue weighted by Crippen LogP contribution is -2.39. The maximum Gasteiger partial charge on any atom is 0.339 e. The van der Waals surface area contributed by atoms with Crippen LogP contribution >= 0.6 is 11.3 Å². The third kappa shape index (κ3) is 5.20. The van der Waals surface area contributed by atoms with Gasteiger partial charge in [0, 0.05) is 16.2 Å². The van der Waals surface area contributed by atoms with E-state index in [-0.39, 0.29) is 11.8 Å². The van der Waals surface area contributed by atoms with E-state index in [9.17, 15) is 14.4 Å². The van der Waals surface area contributed by atoms with Crippen LogP contribution in [0.15, 0.2) is 41.8 Å². The molecule has 7 heteroatoms. The van der Waals surface area contributed by atoms with Crippen molar-refractivity contribution < 1.29 is 19.1 Å². The summed E-state index contributed by atoms with van der Waals surface area (Å²) in [6.45, 7) is -0.486. The van der Waals surface area contributed by atoms with Gasteiger partial charge in [0.05, 0.1) is 16.8 Å². The summed E-state index contributed by atoms with van der Waals surface area (Å²) in [7, 11) is 0. The highest BCUT2D eigenvalue weighted by atomic mass is 32.1. The number of fused-ring (bicyclic) bond motifs is 2. The summed E-state index contributed by atoms with van der Waals surface area (Å²) in [5.74, 6) is -1.54. The molecule has 2 aliphatic carbocycles. The van der Waals surface area contributed by atoms with Gasteiger partial charge >= 0.3 is 5.97 Å². The number of thiophene rings is 1. The van der Waals surface area contributed by atoms with E-state index in [1.54, 1.807) is 11.3 Å². The molecular formula is C28H28N2O4S. The summed E-state index contributed by atoms with van der Waals surface area (Å²) in [5, 5.41) is 5.17. The first-order valence-electron chi connectivity index (χ1n) is 12.3. The Labute approximate surface area is 208 Å². The zero-order chi connectivity index (χ0) is 24.2. The number of pyridine rings is 1. The van der Waals surface area contributed by atoms with Crippen molar-refractivity contribution in [1.82, 2.24) is 10.3 Å². The number of benzene rings is 1. The van der Waals surface area contributed by atoms with E-state index in [1.165, 1.54) is 0 Å². The van der Waals surface area contributed by atoms with Crippen LogP contribution in [0.1, 0.15) is 71.4 Å². The molecule has 180 valence electrons. The van der Waals surface area contributed by atoms with E-state index >= 15 is 0 Å². The average molecular weight is 489 g/mol. The molecule has 0 saturated heterocycles. The van der Waals surface area contributed by atoms with E-state index in [4.69, 9.17) is 9.72 Å². The molecule has 1 aromatic carbocycles. The van der Waals surface area contributed by atoms with Crippen molar-refractivity contribution in [1.29, 1.82) is 0 Å². The first-order chi connectivity index (χ1) is 17.1. The van der Waals surface area contributed by atoms with Crippen molar-refractivity contribution in [3.05, 3.63) is 63.5 Å². The molecule has 0 spiro atoms. The van der Waals surface area contributed by atoms with Gasteiger partial charge in [0.25, 0.3) is 5.91 Å². The zero-order valence-corrected chi connectivity index (χ0v) is 20.4. The van der Waals surface area contributed by atoms with Crippen LogP contribution in [-0.4, -0.2) is 29.4 Å². The average Bonchev–Trinajstić information content (AvgIpc) is 3.40. The van der Waals surface area contributed by atoms with Crippen molar-refractivity contribution >= 4 is 51.7 Å². The monoisotopic (exact) mass is 488 g/mol. The SMILES string of the molecule is O=C(COC(=O)c1c2c(nc3ccccc13)C(=Cc1cccs1)CCC2)NC(=O)C1CCCCC1. The van der Waals surface area contributed by atoms with Gasteiger partial charge in [-0.05, 0) is 66.8 Å². The Morgan fingerprint density at radius 3 is 2.66 bits per heavy atom. The molecule has 0 bridgehead atoms. The number of rotatable bonds is 5. The van der Waals surface area contributed by atoms with Gasteiger partial charge in [-0.1, -0.05) is 43.5 Å². The van der Waals surface area contributed by atoms with Crippen LogP contribution in [0.5, 0.6) is 0 Å². The lowest BCUT2D eigenvalue weighted by Gasteiger charge is -2.22. The minimum atomic E-state index is -0.584. The molecule has 1 N–H and O–H groups in total. The van der Waals surface area contributed by atoms with E-state index in [1.807, 2.05) is 35.7 Å². The number of carbonyl (C=O) groups is 3. The zero-order valence-electron chi connectivity index (χ0n) is 19.5. The van der Waals surface area contributed by atoms with Gasteiger partial charge < -0.3 is 4.74 Å². The molecule has 2 aliphatic rings. The predicted molar refractivity (Wildman–Crippen MR) is 137 cm³/mol. The van der Waals surface area contributed by atoms with Gasteiger partial charge in [-0.25, -0.2) is 9.78 Å². The molecule has 2 aromatic heterocycles. The highest BCUT2D eigenvalue weighted by Gasteiger charge is 2.27. The first-order valence-corrected chi connectivity index (χ1v) is 13.1. The summed E-state index contributed by atoms with van der Waals surface area (Å²) >= 11 is 1.66. The Kier molecular flexibility index (Phi) is 7.04. The van der Waals surface area contributed by atoms with Crippen LogP contribution in [0.3, 0.4) is 0 Å². The topological polar surface area (TPSA) is 85.4 Å². The van der Waals surface area contributed by atoms with Crippen LogP contribution in [0.2, 0.25) is 0 Å². The summed E-state index contributed by atoms with van der Waals surface area (Å²) in [6.07, 6.45) is 9.39. The van der Waals surface area contributed by atoms with E-state index in [0.717, 1.165) is 66.7 Å². The molecule has 0 aliphatic heterocycles. The number of nitrogens with one attached hydrogen (secondary N) is 1. The van der Waals surface area contributed by atoms with Crippen LogP contribution in [-0.2, 0) is 20.7 Å². The number of carbonyl (C=O) groups excluding carboxylic acids is 3. The molecular weight excluding hydrogens is 460 g/mol. The van der Waals surface area contributed by atoms with Gasteiger partial charge in [-0.15, -0.1) is 11.3 Å². The quantitative estimate of drug-likeness (QED) is 0.476. The normalized spacial score (nSPS) is 17.2. The van der Waals surface area contributed by atoms with Crippen LogP contribution in [0.4, 0.5) is 0 Å². The molecule has 0 unspecified atom stereocenters. The summed E-state index contributed by atoms with van der Waals surface area (Å²) < 4.78 is 5.45. The molecule has 0 atom stereocenters. The lowest BCUT2D eigenvalue weighted by molar-refractivity contribution is -0.135. The summed E-state index contributed by atoms with van der Waals surface area (Å²) in [4.78, 5) is 44.1. The van der Waals surface area contributed by atoms with Gasteiger partial charge in [0.1, 0.15) is 0 Å². The maximum atomic E-state index is 13.3. The second kappa shape index (κ2) is 10.5. The van der Waals surface area contributed by atoms with Gasteiger partial charge in [-0.3, -0.25) is 14.9 Å². The number of ether oxygens (including phenoxy) is 1. The minimum Gasteiger partial charge on any atom is -0.452 e. The van der Waals surface area contributed by atoms with Crippen molar-refractivity contribution in [3.8, 4) is 0 Å². The highest BCUT2D eigenvalue weighted by Crippen LogP contribution is 2.36. The Morgan fingerprint density at radius 2 is 1.86 bits per heavy atom. The number of esters is 1. The molecule has 0 radical (unpaired) electrons. The number of imide groups is 1. The highest BCUT2D eigenvalue weighted by molar-refractivity contribution is 7.10. The number of allylic oxidation sites excluding steroid dienone is 1. The second-order valence-corrected chi connectivity index (χ2v) is 10.2. The molecule has 6 nitrogen and oxygen atoms in total. The fourth-order valence-electron chi connectivity index (χ4n) is 5.10. The molecule has 2 amide bonds. The van der Waals surface area contributed by atoms with Crippen molar-refractivity contribution in [2.24, 2.45) is 5.92 Å². The minimum absolute atomic E-state index is 0.131. The third-order valence-electron chi connectivity index (χ3n) is 6.81. The number of hydrogen-bond acceptors (Lipinski definition) is 6. The van der Waals surface area contributed by atoms with E-state index < -0.39 is 18.5 Å². The molecule has 1 saturated carbocycles. The van der Waals surface area contributed by atoms with Crippen LogP contribution in [0.25, 0.3) is 22.6 Å². The van der Waals surface area contributed by atoms with Crippen molar-refractivity contribution in [2.45, 2.75) is 51.4 Å². The molecule has 35 heavy (non-hydrogen) atoms. The number of nitrogens with zero attached hydrogens (tertiary/aromatic N) is 1. The van der Waals surface area contributed by atoms with E-state index in [0.29, 0.717) is 22.9 Å². The predicted octanol–water partition coefficient (Wildman–Crippen LogP) is 5.55. The number of para-hydroxylation sites is 1. The van der Waals surface area contributed by atoms with Crippen molar-refractivity contribution in [3.63, 3.8) is 0 Å². The molecule has 5 rings (SSSR count).